The summed E-state index contributed by atoms with van der Waals surface area (Å²) in [5.74, 6) is 0. The number of rotatable bonds is 6. The summed E-state index contributed by atoms with van der Waals surface area (Å²) in [6.45, 7) is 9.69. The molecular formula is C13H20Cl2N2. The van der Waals surface area contributed by atoms with Gasteiger partial charge in [-0.25, -0.2) is 0 Å². The van der Waals surface area contributed by atoms with Crippen LogP contribution in [0.5, 0.6) is 0 Å². The third-order valence-electron chi connectivity index (χ3n) is 2.76. The molecule has 0 radical (unpaired) electrons. The van der Waals surface area contributed by atoms with Crippen molar-refractivity contribution in [1.29, 1.82) is 0 Å². The highest BCUT2D eigenvalue weighted by Gasteiger charge is 2.07. The first-order valence-corrected chi connectivity index (χ1v) is 6.76. The van der Waals surface area contributed by atoms with Gasteiger partial charge >= 0.3 is 0 Å². The van der Waals surface area contributed by atoms with Crippen LogP contribution in [0.2, 0.25) is 10.0 Å². The largest absolute Gasteiger partial charge is 0.381 e. The predicted molar refractivity (Wildman–Crippen MR) is 77.3 cm³/mol. The summed E-state index contributed by atoms with van der Waals surface area (Å²) in [5, 5.41) is 4.61. The van der Waals surface area contributed by atoms with Crippen molar-refractivity contribution >= 4 is 28.9 Å². The second-order valence-corrected chi connectivity index (χ2v) is 4.97. The van der Waals surface area contributed by atoms with E-state index in [0.29, 0.717) is 16.1 Å². The van der Waals surface area contributed by atoms with Crippen LogP contribution < -0.4 is 5.32 Å². The van der Waals surface area contributed by atoms with E-state index in [4.69, 9.17) is 23.2 Å². The van der Waals surface area contributed by atoms with Crippen LogP contribution in [0.1, 0.15) is 20.8 Å². The molecule has 1 N–H and O–H groups in total. The van der Waals surface area contributed by atoms with Crippen LogP contribution in [0, 0.1) is 0 Å². The summed E-state index contributed by atoms with van der Waals surface area (Å²) >= 11 is 11.9. The highest BCUT2D eigenvalue weighted by Crippen LogP contribution is 2.25. The molecule has 0 amide bonds. The van der Waals surface area contributed by atoms with Crippen molar-refractivity contribution < 1.29 is 0 Å². The smallest absolute Gasteiger partial charge is 0.0612 e. The van der Waals surface area contributed by atoms with Crippen LogP contribution in [0.4, 0.5) is 5.69 Å². The molecule has 1 atom stereocenters. The Hall–Kier alpha value is -0.440. The first kappa shape index (κ1) is 14.6. The second kappa shape index (κ2) is 7.10. The van der Waals surface area contributed by atoms with E-state index in [9.17, 15) is 0 Å². The SMILES string of the molecule is CCN(CC)CC(C)Nc1ccc(Cl)c(Cl)c1. The lowest BCUT2D eigenvalue weighted by Crippen LogP contribution is -2.34. The van der Waals surface area contributed by atoms with Crippen LogP contribution in [0.15, 0.2) is 18.2 Å². The molecule has 2 nitrogen and oxygen atoms in total. The van der Waals surface area contributed by atoms with Gasteiger partial charge < -0.3 is 10.2 Å². The summed E-state index contributed by atoms with van der Waals surface area (Å²) in [6, 6.07) is 6.01. The summed E-state index contributed by atoms with van der Waals surface area (Å²) in [5.41, 5.74) is 1.01. The molecule has 0 saturated carbocycles. The zero-order valence-electron chi connectivity index (χ0n) is 10.6. The van der Waals surface area contributed by atoms with Gasteiger partial charge in [0.2, 0.25) is 0 Å². The average Bonchev–Trinajstić information content (AvgIpc) is 2.31. The number of halogens is 2. The molecule has 0 aromatic heterocycles. The van der Waals surface area contributed by atoms with Crippen molar-refractivity contribution in [3.05, 3.63) is 28.2 Å². The van der Waals surface area contributed by atoms with E-state index in [1.165, 1.54) is 0 Å². The lowest BCUT2D eigenvalue weighted by Gasteiger charge is -2.24. The Morgan fingerprint density at radius 3 is 2.35 bits per heavy atom. The van der Waals surface area contributed by atoms with Gasteiger partial charge in [0, 0.05) is 18.3 Å². The average molecular weight is 275 g/mol. The summed E-state index contributed by atoms with van der Waals surface area (Å²) in [6.07, 6.45) is 0. The number of nitrogens with one attached hydrogen (secondary N) is 1. The van der Waals surface area contributed by atoms with Crippen LogP contribution >= 0.6 is 23.2 Å². The van der Waals surface area contributed by atoms with Gasteiger partial charge in [-0.2, -0.15) is 0 Å². The zero-order valence-corrected chi connectivity index (χ0v) is 12.1. The lowest BCUT2D eigenvalue weighted by molar-refractivity contribution is 0.295. The fraction of sp³-hybridized carbons (Fsp3) is 0.538. The number of nitrogens with zero attached hydrogens (tertiary/aromatic N) is 1. The maximum Gasteiger partial charge on any atom is 0.0612 e. The standard InChI is InChI=1S/C13H20Cl2N2/c1-4-17(5-2)9-10(3)16-11-6-7-12(14)13(15)8-11/h6-8,10,16H,4-5,9H2,1-3H3. The van der Waals surface area contributed by atoms with Crippen LogP contribution in [-0.2, 0) is 0 Å². The first-order chi connectivity index (χ1) is 8.06. The van der Waals surface area contributed by atoms with Crippen molar-refractivity contribution in [1.82, 2.24) is 4.90 Å². The molecule has 17 heavy (non-hydrogen) atoms. The number of benzene rings is 1. The minimum Gasteiger partial charge on any atom is -0.381 e. The molecular weight excluding hydrogens is 255 g/mol. The molecule has 0 aliphatic heterocycles. The van der Waals surface area contributed by atoms with Crippen LogP contribution in [0.25, 0.3) is 0 Å². The monoisotopic (exact) mass is 274 g/mol. The highest BCUT2D eigenvalue weighted by atomic mass is 35.5. The van der Waals surface area contributed by atoms with E-state index in [1.54, 1.807) is 0 Å². The normalized spacial score (nSPS) is 12.8. The van der Waals surface area contributed by atoms with Crippen molar-refractivity contribution in [2.24, 2.45) is 0 Å². The molecule has 0 spiro atoms. The Balaban J connectivity index is 2.55. The van der Waals surface area contributed by atoms with Gasteiger partial charge in [0.25, 0.3) is 0 Å². The molecule has 96 valence electrons. The van der Waals surface area contributed by atoms with Gasteiger partial charge in [0.15, 0.2) is 0 Å². The Morgan fingerprint density at radius 1 is 1.18 bits per heavy atom. The summed E-state index contributed by atoms with van der Waals surface area (Å²) < 4.78 is 0. The Bertz CT molecular complexity index is 351. The van der Waals surface area contributed by atoms with Crippen LogP contribution in [-0.4, -0.2) is 30.6 Å². The first-order valence-electron chi connectivity index (χ1n) is 6.00. The fourth-order valence-corrected chi connectivity index (χ4v) is 2.08. The van der Waals surface area contributed by atoms with Gasteiger partial charge in [-0.15, -0.1) is 0 Å². The third kappa shape index (κ3) is 4.74. The van der Waals surface area contributed by atoms with E-state index >= 15 is 0 Å². The maximum absolute atomic E-state index is 5.98. The molecule has 0 bridgehead atoms. The van der Waals surface area contributed by atoms with Crippen LogP contribution in [0.3, 0.4) is 0 Å². The summed E-state index contributed by atoms with van der Waals surface area (Å²) in [7, 11) is 0. The van der Waals surface area contributed by atoms with E-state index < -0.39 is 0 Å². The molecule has 1 rings (SSSR count). The van der Waals surface area contributed by atoms with E-state index in [2.05, 4.69) is 31.0 Å². The van der Waals surface area contributed by atoms with Gasteiger partial charge in [0.1, 0.15) is 0 Å². The predicted octanol–water partition coefficient (Wildman–Crippen LogP) is 4.14. The molecule has 1 aromatic carbocycles. The lowest BCUT2D eigenvalue weighted by atomic mass is 10.2. The Morgan fingerprint density at radius 2 is 1.82 bits per heavy atom. The van der Waals surface area contributed by atoms with Gasteiger partial charge in [-0.3, -0.25) is 0 Å². The number of hydrogen-bond acceptors (Lipinski definition) is 2. The fourth-order valence-electron chi connectivity index (χ4n) is 1.79. The Labute approximate surface area is 114 Å². The van der Waals surface area contributed by atoms with Crippen molar-refractivity contribution in [3.63, 3.8) is 0 Å². The van der Waals surface area contributed by atoms with Gasteiger partial charge in [-0.1, -0.05) is 37.0 Å². The molecule has 0 saturated heterocycles. The number of anilines is 1. The molecule has 4 heteroatoms. The Kier molecular flexibility index (Phi) is 6.10. The van der Waals surface area contributed by atoms with Crippen molar-refractivity contribution in [2.75, 3.05) is 25.0 Å². The number of hydrogen-bond donors (Lipinski definition) is 1. The highest BCUT2D eigenvalue weighted by molar-refractivity contribution is 6.42. The minimum atomic E-state index is 0.382. The topological polar surface area (TPSA) is 15.3 Å². The molecule has 0 aliphatic carbocycles. The van der Waals surface area contributed by atoms with Crippen molar-refractivity contribution in [2.45, 2.75) is 26.8 Å². The van der Waals surface area contributed by atoms with Crippen molar-refractivity contribution in [3.8, 4) is 0 Å². The van der Waals surface area contributed by atoms with E-state index in [0.717, 1.165) is 25.3 Å². The van der Waals surface area contributed by atoms with E-state index in [-0.39, 0.29) is 0 Å². The van der Waals surface area contributed by atoms with Gasteiger partial charge in [0.05, 0.1) is 10.0 Å². The van der Waals surface area contributed by atoms with E-state index in [1.807, 2.05) is 18.2 Å². The molecule has 1 aromatic rings. The zero-order chi connectivity index (χ0) is 12.8. The molecule has 0 heterocycles. The quantitative estimate of drug-likeness (QED) is 0.839. The molecule has 0 fully saturated rings. The van der Waals surface area contributed by atoms with Gasteiger partial charge in [-0.05, 0) is 38.2 Å². The summed E-state index contributed by atoms with van der Waals surface area (Å²) in [4.78, 5) is 2.38. The minimum absolute atomic E-state index is 0.382. The number of likely N-dealkylation sites (N-methyl/N-ethyl adjacent to an activating group) is 1. The maximum atomic E-state index is 5.98. The second-order valence-electron chi connectivity index (χ2n) is 4.16. The molecule has 0 aliphatic rings. The third-order valence-corrected chi connectivity index (χ3v) is 3.50. The molecule has 1 unspecified atom stereocenters.